The van der Waals surface area contributed by atoms with Crippen LogP contribution in [0.15, 0.2) is 24.3 Å². The molecule has 0 nitrogen and oxygen atoms in total. The zero-order valence-electron chi connectivity index (χ0n) is 7.22. The van der Waals surface area contributed by atoms with E-state index in [-0.39, 0.29) is 5.41 Å². The maximum absolute atomic E-state index is 2.23. The van der Waals surface area contributed by atoms with Gasteiger partial charge in [-0.15, -0.1) is 0 Å². The van der Waals surface area contributed by atoms with E-state index in [9.17, 15) is 0 Å². The molecule has 0 aliphatic rings. The average Bonchev–Trinajstić information content (AvgIpc) is 1.86. The van der Waals surface area contributed by atoms with Crippen molar-refractivity contribution in [3.05, 3.63) is 29.8 Å². The second-order valence-electron chi connectivity index (χ2n) is 3.77. The van der Waals surface area contributed by atoms with Crippen LogP contribution in [0.1, 0.15) is 26.3 Å². The van der Waals surface area contributed by atoms with Crippen molar-refractivity contribution >= 4 is 25.9 Å². The van der Waals surface area contributed by atoms with Crippen molar-refractivity contribution in [3.63, 3.8) is 0 Å². The van der Waals surface area contributed by atoms with Gasteiger partial charge in [0.1, 0.15) is 0 Å². The normalized spacial score (nSPS) is 11.5. The summed E-state index contributed by atoms with van der Waals surface area (Å²) in [6, 6.07) is 8.76. The minimum absolute atomic E-state index is 0.287. The van der Waals surface area contributed by atoms with Gasteiger partial charge in [0.25, 0.3) is 0 Å². The summed E-state index contributed by atoms with van der Waals surface area (Å²) in [5.74, 6) is 0. The Morgan fingerprint density at radius 2 is 1.45 bits per heavy atom. The molecule has 11 heavy (non-hydrogen) atoms. The van der Waals surface area contributed by atoms with Crippen LogP contribution in [0.3, 0.4) is 0 Å². The molecule has 1 aromatic carbocycles. The van der Waals surface area contributed by atoms with Gasteiger partial charge in [-0.25, -0.2) is 0 Å². The molecular weight excluding hydrogens is 248 g/mol. The first kappa shape index (κ1) is 9.10. The third kappa shape index (κ3) is 2.51. The Morgan fingerprint density at radius 3 is 1.82 bits per heavy atom. The summed E-state index contributed by atoms with van der Waals surface area (Å²) in [6.07, 6.45) is 0. The molecule has 0 bridgehead atoms. The zero-order valence-corrected chi connectivity index (χ0v) is 9.55. The van der Waals surface area contributed by atoms with Crippen molar-refractivity contribution in [2.75, 3.05) is 0 Å². The van der Waals surface area contributed by atoms with E-state index < -0.39 is 0 Å². The molecule has 0 saturated carbocycles. The fraction of sp³-hybridized carbons (Fsp3) is 0.400. The Balaban J connectivity index is 2.99. The fourth-order valence-corrected chi connectivity index (χ4v) is 1.34. The SMILES string of the molecule is CC(C)(C)c1ccc([Te])cc1. The summed E-state index contributed by atoms with van der Waals surface area (Å²) in [5, 5.41) is 0. The van der Waals surface area contributed by atoms with Crippen molar-refractivity contribution in [2.45, 2.75) is 26.2 Å². The van der Waals surface area contributed by atoms with Gasteiger partial charge >= 0.3 is 81.9 Å². The summed E-state index contributed by atoms with van der Waals surface area (Å²) in [6.45, 7) is 6.70. The van der Waals surface area contributed by atoms with Crippen molar-refractivity contribution in [2.24, 2.45) is 0 Å². The molecule has 0 aliphatic heterocycles. The van der Waals surface area contributed by atoms with E-state index >= 15 is 0 Å². The molecule has 0 unspecified atom stereocenters. The number of hydrogen-bond acceptors (Lipinski definition) is 0. The van der Waals surface area contributed by atoms with Crippen molar-refractivity contribution in [1.82, 2.24) is 0 Å². The van der Waals surface area contributed by atoms with E-state index in [0.717, 1.165) is 0 Å². The first-order valence-electron chi connectivity index (χ1n) is 3.78. The van der Waals surface area contributed by atoms with Crippen LogP contribution in [-0.2, 0) is 5.41 Å². The van der Waals surface area contributed by atoms with E-state index in [1.54, 1.807) is 0 Å². The van der Waals surface area contributed by atoms with Crippen molar-refractivity contribution in [1.29, 1.82) is 0 Å². The summed E-state index contributed by atoms with van der Waals surface area (Å²) in [4.78, 5) is 0. The van der Waals surface area contributed by atoms with Crippen LogP contribution in [0.4, 0.5) is 0 Å². The first-order chi connectivity index (χ1) is 5.00. The Kier molecular flexibility index (Phi) is 2.62. The molecule has 1 aromatic rings. The van der Waals surface area contributed by atoms with E-state index in [1.807, 2.05) is 22.3 Å². The first-order valence-corrected chi connectivity index (χ1v) is 4.94. The van der Waals surface area contributed by atoms with Crippen LogP contribution in [0, 0.1) is 0 Å². The molecule has 1 heteroatoms. The van der Waals surface area contributed by atoms with Crippen LogP contribution < -0.4 is 3.61 Å². The monoisotopic (exact) mass is 263 g/mol. The molecule has 0 N–H and O–H groups in total. The molecule has 0 atom stereocenters. The van der Waals surface area contributed by atoms with Crippen molar-refractivity contribution in [3.8, 4) is 0 Å². The molecule has 1 radical (unpaired) electrons. The Hall–Kier alpha value is 0.00961. The van der Waals surface area contributed by atoms with E-state index in [4.69, 9.17) is 0 Å². The molecule has 1 rings (SSSR count). The molecule has 0 aromatic heterocycles. The van der Waals surface area contributed by atoms with E-state index in [1.165, 1.54) is 9.17 Å². The third-order valence-corrected chi connectivity index (χ3v) is 2.50. The van der Waals surface area contributed by atoms with Gasteiger partial charge in [0, 0.05) is 0 Å². The van der Waals surface area contributed by atoms with Gasteiger partial charge in [0.2, 0.25) is 0 Å². The number of benzene rings is 1. The molecule has 0 saturated heterocycles. The van der Waals surface area contributed by atoms with Gasteiger partial charge < -0.3 is 0 Å². The van der Waals surface area contributed by atoms with E-state index in [2.05, 4.69) is 45.0 Å². The molecule has 0 spiro atoms. The van der Waals surface area contributed by atoms with Gasteiger partial charge in [-0.1, -0.05) is 0 Å². The number of rotatable bonds is 0. The molecule has 0 heterocycles. The van der Waals surface area contributed by atoms with Gasteiger partial charge in [0.05, 0.1) is 0 Å². The minimum atomic E-state index is 0.287. The van der Waals surface area contributed by atoms with Gasteiger partial charge in [-0.2, -0.15) is 0 Å². The quantitative estimate of drug-likeness (QED) is 0.624. The molecule has 0 amide bonds. The standard InChI is InChI=1S/C10H13Te/c1-10(2,3)8-4-6-9(11)7-5-8/h4-7H,1-3H3. The Morgan fingerprint density at radius 1 is 1.00 bits per heavy atom. The fourth-order valence-electron chi connectivity index (χ4n) is 0.955. The summed E-state index contributed by atoms with van der Waals surface area (Å²) >= 11 is 2.05. The Labute approximate surface area is 81.9 Å². The number of hydrogen-bond donors (Lipinski definition) is 0. The zero-order chi connectivity index (χ0) is 8.48. The molecule has 0 fully saturated rings. The Bertz CT molecular complexity index is 228. The van der Waals surface area contributed by atoms with Crippen LogP contribution in [0.5, 0.6) is 0 Å². The predicted octanol–water partition coefficient (Wildman–Crippen LogP) is 1.78. The molecule has 0 aliphatic carbocycles. The summed E-state index contributed by atoms with van der Waals surface area (Å²) in [7, 11) is 0. The second-order valence-corrected chi connectivity index (χ2v) is 5.12. The van der Waals surface area contributed by atoms with Gasteiger partial charge in [-0.05, 0) is 0 Å². The van der Waals surface area contributed by atoms with Gasteiger partial charge in [0.15, 0.2) is 0 Å². The van der Waals surface area contributed by atoms with Crippen molar-refractivity contribution < 1.29 is 0 Å². The second kappa shape index (κ2) is 3.17. The van der Waals surface area contributed by atoms with Crippen LogP contribution in [0.2, 0.25) is 0 Å². The molecular formula is C10H13Te. The van der Waals surface area contributed by atoms with Crippen LogP contribution in [0.25, 0.3) is 0 Å². The van der Waals surface area contributed by atoms with E-state index in [0.29, 0.717) is 0 Å². The summed E-state index contributed by atoms with van der Waals surface area (Å²) < 4.78 is 1.34. The molecule has 59 valence electrons. The predicted molar refractivity (Wildman–Crippen MR) is 50.5 cm³/mol. The maximum atomic E-state index is 2.23. The summed E-state index contributed by atoms with van der Waals surface area (Å²) in [5.41, 5.74) is 1.69. The topological polar surface area (TPSA) is 0 Å². The van der Waals surface area contributed by atoms with Crippen LogP contribution >= 0.6 is 0 Å². The average molecular weight is 261 g/mol. The van der Waals surface area contributed by atoms with Gasteiger partial charge in [-0.3, -0.25) is 0 Å². The third-order valence-electron chi connectivity index (χ3n) is 1.72. The van der Waals surface area contributed by atoms with Crippen LogP contribution in [-0.4, -0.2) is 22.3 Å².